The molecule has 0 saturated carbocycles. The van der Waals surface area contributed by atoms with E-state index in [4.69, 9.17) is 0 Å². The molecule has 0 amide bonds. The molecule has 3 atom stereocenters. The monoisotopic (exact) mass is 447 g/mol. The van der Waals surface area contributed by atoms with Crippen LogP contribution < -0.4 is 5.32 Å². The predicted octanol–water partition coefficient (Wildman–Crippen LogP) is 5.74. The Morgan fingerprint density at radius 2 is 1.88 bits per heavy atom. The van der Waals surface area contributed by atoms with E-state index in [2.05, 4.69) is 61.5 Å². The summed E-state index contributed by atoms with van der Waals surface area (Å²) in [7, 11) is 0. The highest BCUT2D eigenvalue weighted by Crippen LogP contribution is 2.51. The average Bonchev–Trinajstić information content (AvgIpc) is 3.04. The zero-order valence-corrected chi connectivity index (χ0v) is 15.8. The van der Waals surface area contributed by atoms with Crippen LogP contribution in [0, 0.1) is 5.92 Å². The Morgan fingerprint density at radius 3 is 2.58 bits per heavy atom. The number of aromatic carboxylic acids is 1. The summed E-state index contributed by atoms with van der Waals surface area (Å²) in [6.07, 6.45) is 5.42. The number of rotatable bonds is 2. The lowest BCUT2D eigenvalue weighted by atomic mass is 9.76. The van der Waals surface area contributed by atoms with Crippen LogP contribution in [0.5, 0.6) is 0 Å². The molecular formula is C19H15Br2NO2. The van der Waals surface area contributed by atoms with Gasteiger partial charge in [0.1, 0.15) is 0 Å². The van der Waals surface area contributed by atoms with Gasteiger partial charge in [0, 0.05) is 14.9 Å². The number of halogens is 2. The second-order valence-electron chi connectivity index (χ2n) is 6.25. The van der Waals surface area contributed by atoms with Gasteiger partial charge in [-0.05, 0) is 47.7 Å². The molecule has 0 bridgehead atoms. The SMILES string of the molecule is O=C(O)c1cc(Br)cc2c1NC(c1ccc(Br)cc1)C1CC=CC21. The number of hydrogen-bond acceptors (Lipinski definition) is 2. The van der Waals surface area contributed by atoms with Crippen molar-refractivity contribution in [2.45, 2.75) is 18.4 Å². The van der Waals surface area contributed by atoms with Crippen LogP contribution in [-0.2, 0) is 0 Å². The minimum Gasteiger partial charge on any atom is -0.478 e. The summed E-state index contributed by atoms with van der Waals surface area (Å²) in [5.41, 5.74) is 3.31. The third-order valence-corrected chi connectivity index (χ3v) is 5.88. The first-order chi connectivity index (χ1) is 11.5. The number of carbonyl (C=O) groups is 1. The van der Waals surface area contributed by atoms with Gasteiger partial charge in [-0.3, -0.25) is 0 Å². The summed E-state index contributed by atoms with van der Waals surface area (Å²) in [5.74, 6) is -0.268. The van der Waals surface area contributed by atoms with E-state index in [9.17, 15) is 9.90 Å². The van der Waals surface area contributed by atoms with Gasteiger partial charge in [-0.15, -0.1) is 0 Å². The van der Waals surface area contributed by atoms with Crippen LogP contribution in [-0.4, -0.2) is 11.1 Å². The fourth-order valence-corrected chi connectivity index (χ4v) is 4.57. The Hall–Kier alpha value is -1.59. The number of benzene rings is 2. The highest BCUT2D eigenvalue weighted by molar-refractivity contribution is 9.10. The molecule has 1 heterocycles. The van der Waals surface area contributed by atoms with Gasteiger partial charge in [0.15, 0.2) is 0 Å². The lowest BCUT2D eigenvalue weighted by Crippen LogP contribution is -2.30. The summed E-state index contributed by atoms with van der Waals surface area (Å²) >= 11 is 6.93. The van der Waals surface area contributed by atoms with Crippen LogP contribution in [0.1, 0.15) is 39.9 Å². The molecule has 3 unspecified atom stereocenters. The molecule has 1 aliphatic heterocycles. The maximum Gasteiger partial charge on any atom is 0.337 e. The number of anilines is 1. The quantitative estimate of drug-likeness (QED) is 0.576. The maximum atomic E-state index is 11.7. The summed E-state index contributed by atoms with van der Waals surface area (Å²) in [5, 5.41) is 13.1. The van der Waals surface area contributed by atoms with Crippen LogP contribution in [0.3, 0.4) is 0 Å². The van der Waals surface area contributed by atoms with Crippen LogP contribution in [0.2, 0.25) is 0 Å². The second-order valence-corrected chi connectivity index (χ2v) is 8.08. The lowest BCUT2D eigenvalue weighted by molar-refractivity contribution is 0.0697. The molecule has 2 aromatic carbocycles. The van der Waals surface area contributed by atoms with Gasteiger partial charge in [-0.25, -0.2) is 4.79 Å². The fourth-order valence-electron chi connectivity index (χ4n) is 3.83. The Bertz CT molecular complexity index is 845. The average molecular weight is 449 g/mol. The number of carboxylic acids is 1. The minimum atomic E-state index is -0.907. The van der Waals surface area contributed by atoms with Crippen molar-refractivity contribution in [2.24, 2.45) is 5.92 Å². The lowest BCUT2D eigenvalue weighted by Gasteiger charge is -2.38. The first-order valence-corrected chi connectivity index (χ1v) is 9.38. The molecule has 1 aliphatic carbocycles. The smallest absolute Gasteiger partial charge is 0.337 e. The van der Waals surface area contributed by atoms with Crippen molar-refractivity contribution in [3.63, 3.8) is 0 Å². The number of hydrogen-bond donors (Lipinski definition) is 2. The molecule has 0 spiro atoms. The largest absolute Gasteiger partial charge is 0.478 e. The number of carboxylic acid groups (broad SMARTS) is 1. The Labute approximate surface area is 157 Å². The Morgan fingerprint density at radius 1 is 1.12 bits per heavy atom. The van der Waals surface area contributed by atoms with Gasteiger partial charge >= 0.3 is 5.97 Å². The molecule has 5 heteroatoms. The second kappa shape index (κ2) is 6.05. The van der Waals surface area contributed by atoms with E-state index in [0.717, 1.165) is 26.6 Å². The van der Waals surface area contributed by atoms with Crippen molar-refractivity contribution in [1.29, 1.82) is 0 Å². The summed E-state index contributed by atoms with van der Waals surface area (Å²) in [6, 6.07) is 12.1. The highest BCUT2D eigenvalue weighted by atomic mass is 79.9. The van der Waals surface area contributed by atoms with Crippen molar-refractivity contribution in [1.82, 2.24) is 0 Å². The Kier molecular flexibility index (Phi) is 4.01. The molecule has 0 fully saturated rings. The zero-order valence-electron chi connectivity index (χ0n) is 12.7. The third kappa shape index (κ3) is 2.60. The maximum absolute atomic E-state index is 11.7. The molecule has 24 heavy (non-hydrogen) atoms. The van der Waals surface area contributed by atoms with Gasteiger partial charge in [0.05, 0.1) is 17.3 Å². The van der Waals surface area contributed by atoms with Gasteiger partial charge in [-0.1, -0.05) is 56.1 Å². The topological polar surface area (TPSA) is 49.3 Å². The number of fused-ring (bicyclic) bond motifs is 3. The van der Waals surface area contributed by atoms with Gasteiger partial charge in [-0.2, -0.15) is 0 Å². The molecule has 3 nitrogen and oxygen atoms in total. The molecular weight excluding hydrogens is 434 g/mol. The van der Waals surface area contributed by atoms with E-state index in [1.807, 2.05) is 18.2 Å². The van der Waals surface area contributed by atoms with Crippen LogP contribution in [0.15, 0.2) is 57.5 Å². The third-order valence-electron chi connectivity index (χ3n) is 4.89. The van der Waals surface area contributed by atoms with Crippen LogP contribution in [0.25, 0.3) is 0 Å². The number of allylic oxidation sites excluding steroid dienone is 2. The van der Waals surface area contributed by atoms with Gasteiger partial charge in [0.2, 0.25) is 0 Å². The van der Waals surface area contributed by atoms with E-state index in [0.29, 0.717) is 11.5 Å². The minimum absolute atomic E-state index is 0.102. The summed E-state index contributed by atoms with van der Waals surface area (Å²) < 4.78 is 1.85. The molecule has 0 saturated heterocycles. The van der Waals surface area contributed by atoms with E-state index < -0.39 is 5.97 Å². The normalized spacial score (nSPS) is 24.2. The highest BCUT2D eigenvalue weighted by Gasteiger charge is 2.39. The molecule has 0 radical (unpaired) electrons. The van der Waals surface area contributed by atoms with E-state index in [1.54, 1.807) is 6.07 Å². The molecule has 2 aromatic rings. The van der Waals surface area contributed by atoms with Crippen molar-refractivity contribution in [2.75, 3.05) is 5.32 Å². The van der Waals surface area contributed by atoms with Gasteiger partial charge in [0.25, 0.3) is 0 Å². The van der Waals surface area contributed by atoms with Gasteiger partial charge < -0.3 is 10.4 Å². The molecule has 0 aromatic heterocycles. The fraction of sp³-hybridized carbons (Fsp3) is 0.211. The number of nitrogens with one attached hydrogen (secondary N) is 1. The van der Waals surface area contributed by atoms with Crippen LogP contribution in [0.4, 0.5) is 5.69 Å². The first-order valence-electron chi connectivity index (χ1n) is 7.80. The summed E-state index contributed by atoms with van der Waals surface area (Å²) in [4.78, 5) is 11.7. The molecule has 2 aliphatic rings. The van der Waals surface area contributed by atoms with Crippen molar-refractivity contribution >= 4 is 43.5 Å². The Balaban J connectivity index is 1.86. The zero-order chi connectivity index (χ0) is 16.8. The van der Waals surface area contributed by atoms with Crippen molar-refractivity contribution in [3.05, 3.63) is 74.2 Å². The predicted molar refractivity (Wildman–Crippen MR) is 102 cm³/mol. The first kappa shape index (κ1) is 15.9. The molecule has 2 N–H and O–H groups in total. The van der Waals surface area contributed by atoms with E-state index in [-0.39, 0.29) is 12.0 Å². The van der Waals surface area contributed by atoms with Crippen molar-refractivity contribution in [3.8, 4) is 0 Å². The van der Waals surface area contributed by atoms with Crippen molar-refractivity contribution < 1.29 is 9.90 Å². The van der Waals surface area contributed by atoms with E-state index in [1.165, 1.54) is 5.56 Å². The molecule has 4 rings (SSSR count). The molecule has 122 valence electrons. The standard InChI is InChI=1S/C19H15Br2NO2/c20-11-6-4-10(5-7-11)17-14-3-1-2-13(14)15-8-12(21)9-16(19(23)24)18(15)22-17/h1-2,4-9,13-14,17,22H,3H2,(H,23,24). The van der Waals surface area contributed by atoms with E-state index >= 15 is 0 Å². The van der Waals surface area contributed by atoms with Crippen LogP contribution >= 0.6 is 31.9 Å². The summed E-state index contributed by atoms with van der Waals surface area (Å²) in [6.45, 7) is 0.